The third-order valence-electron chi connectivity index (χ3n) is 3.53. The van der Waals surface area contributed by atoms with Gasteiger partial charge in [-0.3, -0.25) is 9.59 Å². The molecule has 21 heavy (non-hydrogen) atoms. The minimum absolute atomic E-state index is 0.111. The maximum atomic E-state index is 12.3. The van der Waals surface area contributed by atoms with E-state index in [-0.39, 0.29) is 17.0 Å². The van der Waals surface area contributed by atoms with Gasteiger partial charge in [0.05, 0.1) is 11.7 Å². The lowest BCUT2D eigenvalue weighted by Gasteiger charge is -2.16. The number of aromatic nitrogens is 2. The minimum Gasteiger partial charge on any atom is -0.366 e. The summed E-state index contributed by atoms with van der Waals surface area (Å²) >= 11 is 0. The molecule has 6 heteroatoms. The van der Waals surface area contributed by atoms with Crippen molar-refractivity contribution in [3.05, 3.63) is 50.8 Å². The fourth-order valence-electron chi connectivity index (χ4n) is 2.36. The van der Waals surface area contributed by atoms with E-state index in [0.29, 0.717) is 17.7 Å². The van der Waals surface area contributed by atoms with Gasteiger partial charge in [0.15, 0.2) is 5.43 Å². The Hall–Kier alpha value is -2.37. The van der Waals surface area contributed by atoms with Gasteiger partial charge < -0.3 is 14.8 Å². The van der Waals surface area contributed by atoms with Crippen molar-refractivity contribution in [2.24, 2.45) is 0 Å². The van der Waals surface area contributed by atoms with Crippen molar-refractivity contribution in [2.75, 3.05) is 0 Å². The zero-order valence-electron chi connectivity index (χ0n) is 12.6. The second-order valence-corrected chi connectivity index (χ2v) is 5.05. The molecule has 1 atom stereocenters. The first-order chi connectivity index (χ1) is 9.95. The summed E-state index contributed by atoms with van der Waals surface area (Å²) in [7, 11) is 0. The molecular weight excluding hydrogens is 270 g/mol. The number of aryl methyl sites for hydroxylation is 3. The Morgan fingerprint density at radius 2 is 2.10 bits per heavy atom. The van der Waals surface area contributed by atoms with Crippen LogP contribution >= 0.6 is 0 Å². The smallest absolute Gasteiger partial charge is 0.257 e. The number of rotatable bonds is 4. The normalized spacial score (nSPS) is 12.2. The molecule has 0 aliphatic rings. The number of pyridine rings is 1. The second-order valence-electron chi connectivity index (χ2n) is 5.05. The summed E-state index contributed by atoms with van der Waals surface area (Å²) < 4.78 is 5.14. The van der Waals surface area contributed by atoms with E-state index in [4.69, 9.17) is 4.52 Å². The van der Waals surface area contributed by atoms with E-state index in [1.165, 1.54) is 6.20 Å². The van der Waals surface area contributed by atoms with E-state index in [1.54, 1.807) is 13.1 Å². The Labute approximate surface area is 122 Å². The molecule has 0 aromatic carbocycles. The Kier molecular flexibility index (Phi) is 4.26. The van der Waals surface area contributed by atoms with Gasteiger partial charge in [-0.1, -0.05) is 12.1 Å². The lowest BCUT2D eigenvalue weighted by atomic mass is 10.0. The molecule has 0 spiro atoms. The zero-order valence-corrected chi connectivity index (χ0v) is 12.6. The third kappa shape index (κ3) is 2.89. The molecule has 2 N–H and O–H groups in total. The largest absolute Gasteiger partial charge is 0.366 e. The maximum Gasteiger partial charge on any atom is 0.257 e. The van der Waals surface area contributed by atoms with Crippen molar-refractivity contribution in [3.8, 4) is 0 Å². The van der Waals surface area contributed by atoms with Gasteiger partial charge in [0.1, 0.15) is 11.3 Å². The molecule has 0 aliphatic carbocycles. The predicted octanol–water partition coefficient (Wildman–Crippen LogP) is 2.17. The van der Waals surface area contributed by atoms with Crippen LogP contribution in [0.2, 0.25) is 0 Å². The van der Waals surface area contributed by atoms with E-state index in [0.717, 1.165) is 11.3 Å². The van der Waals surface area contributed by atoms with Crippen LogP contribution in [0, 0.1) is 20.8 Å². The molecule has 112 valence electrons. The summed E-state index contributed by atoms with van der Waals surface area (Å²) in [6.07, 6.45) is 3.67. The molecule has 6 nitrogen and oxygen atoms in total. The molecule has 0 aliphatic heterocycles. The molecule has 2 rings (SSSR count). The highest BCUT2D eigenvalue weighted by molar-refractivity contribution is 5.94. The average Bonchev–Trinajstić information content (AvgIpc) is 2.78. The fourth-order valence-corrected chi connectivity index (χ4v) is 2.36. The Morgan fingerprint density at radius 3 is 2.67 bits per heavy atom. The average molecular weight is 289 g/mol. The van der Waals surface area contributed by atoms with E-state index in [1.807, 2.05) is 20.8 Å². The molecule has 0 saturated heterocycles. The Bertz CT molecular complexity index is 696. The van der Waals surface area contributed by atoms with Crippen molar-refractivity contribution in [2.45, 2.75) is 40.2 Å². The van der Waals surface area contributed by atoms with Crippen molar-refractivity contribution in [1.29, 1.82) is 0 Å². The molecule has 0 bridgehead atoms. The number of nitrogens with zero attached hydrogens (tertiary/aromatic N) is 1. The monoisotopic (exact) mass is 289 g/mol. The van der Waals surface area contributed by atoms with Gasteiger partial charge in [0, 0.05) is 23.5 Å². The number of hydrogen-bond acceptors (Lipinski definition) is 4. The predicted molar refractivity (Wildman–Crippen MR) is 78.3 cm³/mol. The molecule has 2 aromatic heterocycles. The van der Waals surface area contributed by atoms with Gasteiger partial charge in [-0.2, -0.15) is 0 Å². The molecule has 1 unspecified atom stereocenters. The van der Waals surface area contributed by atoms with Crippen LogP contribution in [0.25, 0.3) is 0 Å². The molecule has 0 fully saturated rings. The zero-order chi connectivity index (χ0) is 15.6. The first kappa shape index (κ1) is 15.0. The quantitative estimate of drug-likeness (QED) is 0.903. The van der Waals surface area contributed by atoms with E-state index < -0.39 is 5.91 Å². The molecular formula is C15H19N3O3. The molecule has 0 saturated carbocycles. The van der Waals surface area contributed by atoms with Gasteiger partial charge in [-0.05, 0) is 27.2 Å². The lowest BCUT2D eigenvalue weighted by Crippen LogP contribution is -2.33. The topological polar surface area (TPSA) is 88.0 Å². The molecule has 2 aromatic rings. The number of amides is 1. The highest BCUT2D eigenvalue weighted by atomic mass is 16.5. The van der Waals surface area contributed by atoms with Crippen molar-refractivity contribution in [3.63, 3.8) is 0 Å². The summed E-state index contributed by atoms with van der Waals surface area (Å²) in [6, 6.07) is -0.233. The van der Waals surface area contributed by atoms with Crippen molar-refractivity contribution >= 4 is 5.91 Å². The maximum absolute atomic E-state index is 12.3. The number of aromatic amines is 1. The van der Waals surface area contributed by atoms with Crippen LogP contribution in [0.15, 0.2) is 21.7 Å². The van der Waals surface area contributed by atoms with Gasteiger partial charge >= 0.3 is 0 Å². The van der Waals surface area contributed by atoms with Crippen molar-refractivity contribution in [1.82, 2.24) is 15.5 Å². The van der Waals surface area contributed by atoms with Crippen LogP contribution in [0.1, 0.15) is 52.3 Å². The highest BCUT2D eigenvalue weighted by Gasteiger charge is 2.22. The minimum atomic E-state index is -0.396. The first-order valence-electron chi connectivity index (χ1n) is 6.87. The first-order valence-corrected chi connectivity index (χ1v) is 6.87. The van der Waals surface area contributed by atoms with E-state index in [2.05, 4.69) is 15.5 Å². The molecule has 2 heterocycles. The van der Waals surface area contributed by atoms with E-state index >= 15 is 0 Å². The van der Waals surface area contributed by atoms with Crippen LogP contribution in [-0.4, -0.2) is 16.0 Å². The summed E-state index contributed by atoms with van der Waals surface area (Å²) in [4.78, 5) is 27.1. The lowest BCUT2D eigenvalue weighted by molar-refractivity contribution is 0.0933. The van der Waals surface area contributed by atoms with Crippen LogP contribution < -0.4 is 10.7 Å². The number of hydrogen-bond donors (Lipinski definition) is 2. The highest BCUT2D eigenvalue weighted by Crippen LogP contribution is 2.24. The Balaban J connectivity index is 2.29. The number of nitrogens with one attached hydrogen (secondary N) is 2. The number of H-pyrrole nitrogens is 1. The Morgan fingerprint density at radius 1 is 1.38 bits per heavy atom. The van der Waals surface area contributed by atoms with Crippen LogP contribution in [0.3, 0.4) is 0 Å². The van der Waals surface area contributed by atoms with Gasteiger partial charge in [-0.15, -0.1) is 0 Å². The van der Waals surface area contributed by atoms with E-state index in [9.17, 15) is 9.59 Å². The third-order valence-corrected chi connectivity index (χ3v) is 3.53. The summed E-state index contributed by atoms with van der Waals surface area (Å²) in [5, 5.41) is 6.78. The van der Waals surface area contributed by atoms with Crippen LogP contribution in [0.4, 0.5) is 0 Å². The van der Waals surface area contributed by atoms with Gasteiger partial charge in [0.25, 0.3) is 5.91 Å². The second kappa shape index (κ2) is 5.95. The molecule has 0 radical (unpaired) electrons. The van der Waals surface area contributed by atoms with Crippen molar-refractivity contribution < 1.29 is 9.32 Å². The fraction of sp³-hybridized carbons (Fsp3) is 0.400. The van der Waals surface area contributed by atoms with Gasteiger partial charge in [0.2, 0.25) is 0 Å². The van der Waals surface area contributed by atoms with Crippen LogP contribution in [0.5, 0.6) is 0 Å². The summed E-state index contributed by atoms with van der Waals surface area (Å²) in [5.41, 5.74) is 1.97. The number of carbonyl (C=O) groups excluding carboxylic acids is 1. The summed E-state index contributed by atoms with van der Waals surface area (Å²) in [5.74, 6) is 0.282. The van der Waals surface area contributed by atoms with Crippen LogP contribution in [-0.2, 0) is 0 Å². The molecule has 1 amide bonds. The van der Waals surface area contributed by atoms with Gasteiger partial charge in [-0.25, -0.2) is 0 Å². The number of carbonyl (C=O) groups is 1. The SMILES string of the molecule is CCC(NC(=O)c1c[nH]cc(C)c1=O)c1c(C)noc1C. The standard InChI is InChI=1S/C15H19N3O3/c1-5-12(13-9(3)18-21-10(13)4)17-15(20)11-7-16-6-8(2)14(11)19/h6-7,12H,5H2,1-4H3,(H,16,19)(H,17,20). The summed E-state index contributed by atoms with van der Waals surface area (Å²) in [6.45, 7) is 7.27.